The molecule has 32 heavy (non-hydrogen) atoms. The molecule has 0 atom stereocenters. The van der Waals surface area contributed by atoms with Crippen molar-refractivity contribution in [2.75, 3.05) is 34.2 Å². The third kappa shape index (κ3) is 7.22. The fourth-order valence-electron chi connectivity index (χ4n) is 2.89. The van der Waals surface area contributed by atoms with Gasteiger partial charge in [-0.15, -0.1) is 0 Å². The highest BCUT2D eigenvalue weighted by Crippen LogP contribution is 2.32. The van der Waals surface area contributed by atoms with Gasteiger partial charge in [0.2, 0.25) is 0 Å². The van der Waals surface area contributed by atoms with Gasteiger partial charge in [0.15, 0.2) is 20.6 Å². The predicted octanol–water partition coefficient (Wildman–Crippen LogP) is 5.73. The van der Waals surface area contributed by atoms with Gasteiger partial charge in [0.05, 0.1) is 18.4 Å². The number of aliphatic imine (C=N–C) groups is 1. The van der Waals surface area contributed by atoms with Crippen LogP contribution < -0.4 is 4.74 Å². The lowest BCUT2D eigenvalue weighted by Crippen LogP contribution is -2.41. The van der Waals surface area contributed by atoms with Gasteiger partial charge < -0.3 is 9.64 Å². The Kier molecular flexibility index (Phi) is 9.96. The fourth-order valence-corrected chi connectivity index (χ4v) is 2.89. The van der Waals surface area contributed by atoms with Gasteiger partial charge in [-0.25, -0.2) is 18.2 Å². The Morgan fingerprint density at radius 1 is 0.969 bits per heavy atom. The van der Waals surface area contributed by atoms with Gasteiger partial charge in [-0.2, -0.15) is 0 Å². The van der Waals surface area contributed by atoms with Crippen molar-refractivity contribution < 1.29 is 32.1 Å². The summed E-state index contributed by atoms with van der Waals surface area (Å²) in [4.78, 5) is 6.47. The molecule has 0 bridgehead atoms. The summed E-state index contributed by atoms with van der Waals surface area (Å²) in [7, 11) is 1.95. The molecule has 0 unspecified atom stereocenters. The second kappa shape index (κ2) is 12.4. The van der Waals surface area contributed by atoms with E-state index in [4.69, 9.17) is 18.9 Å². The Balaban J connectivity index is 2.23. The number of rotatable bonds is 13. The van der Waals surface area contributed by atoms with E-state index in [1.54, 1.807) is 30.6 Å². The molecule has 0 aliphatic heterocycles. The number of nitrogens with zero attached hydrogens (tertiary/aromatic N) is 2. The van der Waals surface area contributed by atoms with Crippen LogP contribution in [0.1, 0.15) is 23.6 Å². The minimum Gasteiger partial charge on any atom is -0.457 e. The van der Waals surface area contributed by atoms with Crippen LogP contribution in [0.5, 0.6) is 11.5 Å². The summed E-state index contributed by atoms with van der Waals surface area (Å²) in [6.45, 7) is 2.73. The lowest BCUT2D eigenvalue weighted by Gasteiger charge is -2.29. The van der Waals surface area contributed by atoms with Gasteiger partial charge in [0.25, 0.3) is 5.97 Å². The molecule has 0 amide bonds. The maximum Gasteiger partial charge on any atom is 0.293 e. The molecule has 0 saturated carbocycles. The molecule has 2 aromatic rings. The first kappa shape index (κ1) is 25.6. The highest BCUT2D eigenvalue weighted by Gasteiger charge is 2.35. The van der Waals surface area contributed by atoms with Crippen molar-refractivity contribution in [2.45, 2.75) is 33.2 Å². The molecule has 6 nitrogen and oxygen atoms in total. The van der Waals surface area contributed by atoms with Crippen LogP contribution in [0.3, 0.4) is 0 Å². The summed E-state index contributed by atoms with van der Waals surface area (Å²) in [5, 5.41) is 0. The lowest BCUT2D eigenvalue weighted by molar-refractivity contribution is -0.403. The number of ether oxygens (including phenoxy) is 4. The number of halogens is 3. The number of benzene rings is 2. The van der Waals surface area contributed by atoms with Crippen molar-refractivity contribution in [1.82, 2.24) is 4.90 Å². The second-order valence-corrected chi connectivity index (χ2v) is 7.09. The van der Waals surface area contributed by atoms with E-state index < -0.39 is 26.6 Å². The molecule has 9 heteroatoms. The summed E-state index contributed by atoms with van der Waals surface area (Å²) >= 11 is 0. The smallest absolute Gasteiger partial charge is 0.293 e. The molecular formula is C23H29F3N2O4. The average molecular weight is 454 g/mol. The molecule has 0 saturated heterocycles. The van der Waals surface area contributed by atoms with Crippen LogP contribution in [0.2, 0.25) is 0 Å². The van der Waals surface area contributed by atoms with Gasteiger partial charge in [-0.05, 0) is 61.7 Å². The first-order valence-corrected chi connectivity index (χ1v) is 10.1. The van der Waals surface area contributed by atoms with Crippen LogP contribution in [0.4, 0.5) is 18.9 Å². The molecule has 0 aromatic heterocycles. The minimum absolute atomic E-state index is 0.251. The SMILES string of the molecule is CCN(C)C=Nc1cc(C)c(Oc2cccc(CC(OCF)(OCF)OCF)c2)cc1C. The molecule has 176 valence electrons. The van der Waals surface area contributed by atoms with Crippen molar-refractivity contribution in [3.8, 4) is 11.5 Å². The first-order chi connectivity index (χ1) is 15.4. The molecule has 0 heterocycles. The van der Waals surface area contributed by atoms with Gasteiger partial charge in [-0.3, -0.25) is 14.2 Å². The Morgan fingerprint density at radius 3 is 2.22 bits per heavy atom. The van der Waals surface area contributed by atoms with Crippen molar-refractivity contribution in [3.05, 3.63) is 53.1 Å². The summed E-state index contributed by atoms with van der Waals surface area (Å²) < 4.78 is 58.5. The van der Waals surface area contributed by atoms with Crippen LogP contribution in [0, 0.1) is 13.8 Å². The highest BCUT2D eigenvalue weighted by molar-refractivity contribution is 5.64. The molecule has 0 aliphatic carbocycles. The number of aryl methyl sites for hydroxylation is 2. The minimum atomic E-state index is -2.21. The van der Waals surface area contributed by atoms with E-state index in [1.807, 2.05) is 44.9 Å². The van der Waals surface area contributed by atoms with Gasteiger partial charge in [0.1, 0.15) is 11.5 Å². The van der Waals surface area contributed by atoms with E-state index in [0.29, 0.717) is 17.1 Å². The highest BCUT2D eigenvalue weighted by atomic mass is 19.1. The quantitative estimate of drug-likeness (QED) is 0.220. The fraction of sp³-hybridized carbons (Fsp3) is 0.435. The Bertz CT molecular complexity index is 879. The third-order valence-electron chi connectivity index (χ3n) is 4.76. The molecule has 0 spiro atoms. The van der Waals surface area contributed by atoms with E-state index in [2.05, 4.69) is 4.99 Å². The van der Waals surface area contributed by atoms with Crippen molar-refractivity contribution in [3.63, 3.8) is 0 Å². The Morgan fingerprint density at radius 2 is 1.62 bits per heavy atom. The largest absolute Gasteiger partial charge is 0.457 e. The van der Waals surface area contributed by atoms with Crippen LogP contribution in [0.25, 0.3) is 0 Å². The molecule has 0 radical (unpaired) electrons. The Hall–Kier alpha value is -2.62. The topological polar surface area (TPSA) is 52.5 Å². The summed E-state index contributed by atoms with van der Waals surface area (Å²) in [6.07, 6.45) is 1.52. The normalized spacial score (nSPS) is 11.8. The van der Waals surface area contributed by atoms with E-state index >= 15 is 0 Å². The van der Waals surface area contributed by atoms with E-state index in [0.717, 1.165) is 23.4 Å². The molecule has 0 aliphatic rings. The van der Waals surface area contributed by atoms with E-state index in [1.165, 1.54) is 0 Å². The molecule has 2 rings (SSSR count). The monoisotopic (exact) mass is 454 g/mol. The third-order valence-corrected chi connectivity index (χ3v) is 4.76. The zero-order valence-electron chi connectivity index (χ0n) is 18.7. The van der Waals surface area contributed by atoms with Crippen LogP contribution >= 0.6 is 0 Å². The van der Waals surface area contributed by atoms with Crippen LogP contribution in [0.15, 0.2) is 41.4 Å². The van der Waals surface area contributed by atoms with Gasteiger partial charge >= 0.3 is 0 Å². The maximum atomic E-state index is 12.8. The standard InChI is InChI=1S/C23H29F3N2O4/c1-5-28(4)16-27-21-9-18(3)22(10-17(21)2)32-20-8-6-7-19(11-20)12-23(29-13-24,30-14-25)31-15-26/h6-11,16H,5,12-15H2,1-4H3. The maximum absolute atomic E-state index is 12.8. The zero-order valence-corrected chi connectivity index (χ0v) is 18.7. The van der Waals surface area contributed by atoms with Crippen molar-refractivity contribution >= 4 is 12.0 Å². The summed E-state index contributed by atoms with van der Waals surface area (Å²) in [6, 6.07) is 10.5. The number of hydrogen-bond acceptors (Lipinski definition) is 5. The molecular weight excluding hydrogens is 425 g/mol. The lowest BCUT2D eigenvalue weighted by atomic mass is 10.1. The van der Waals surface area contributed by atoms with E-state index in [-0.39, 0.29) is 6.42 Å². The zero-order chi connectivity index (χ0) is 23.6. The molecule has 0 N–H and O–H groups in total. The molecule has 0 fully saturated rings. The predicted molar refractivity (Wildman–Crippen MR) is 117 cm³/mol. The second-order valence-electron chi connectivity index (χ2n) is 7.09. The van der Waals surface area contributed by atoms with Crippen molar-refractivity contribution in [1.29, 1.82) is 0 Å². The summed E-state index contributed by atoms with van der Waals surface area (Å²) in [5.41, 5.74) is 3.16. The summed E-state index contributed by atoms with van der Waals surface area (Å²) in [5.74, 6) is -1.11. The van der Waals surface area contributed by atoms with Crippen molar-refractivity contribution in [2.24, 2.45) is 4.99 Å². The molecule has 2 aromatic carbocycles. The number of hydrogen-bond donors (Lipinski definition) is 0. The average Bonchev–Trinajstić information content (AvgIpc) is 2.75. The van der Waals surface area contributed by atoms with Gasteiger partial charge in [0, 0.05) is 13.6 Å². The first-order valence-electron chi connectivity index (χ1n) is 10.1. The van der Waals surface area contributed by atoms with Gasteiger partial charge in [-0.1, -0.05) is 12.1 Å². The number of alkyl halides is 3. The van der Waals surface area contributed by atoms with Crippen LogP contribution in [-0.2, 0) is 20.6 Å². The van der Waals surface area contributed by atoms with E-state index in [9.17, 15) is 13.2 Å². The Labute approximate surface area is 186 Å². The van der Waals surface area contributed by atoms with Crippen LogP contribution in [-0.4, -0.2) is 51.4 Å².